The first-order valence-electron chi connectivity index (χ1n) is 4.33. The van der Waals surface area contributed by atoms with Crippen molar-refractivity contribution < 1.29 is 17.6 Å². The van der Waals surface area contributed by atoms with Gasteiger partial charge in [-0.25, -0.2) is 0 Å². The molecule has 0 aliphatic rings. The van der Waals surface area contributed by atoms with Crippen LogP contribution in [0.4, 0.5) is 13.2 Å². The van der Waals surface area contributed by atoms with Crippen LogP contribution in [0.2, 0.25) is 0 Å². The maximum Gasteiger partial charge on any atom is 0.470 e. The van der Waals surface area contributed by atoms with Crippen molar-refractivity contribution in [1.82, 2.24) is 15.5 Å². The summed E-state index contributed by atoms with van der Waals surface area (Å²) in [5.41, 5.74) is -0.215. The Morgan fingerprint density at radius 3 is 2.20 bits per heavy atom. The van der Waals surface area contributed by atoms with Crippen molar-refractivity contribution in [2.45, 2.75) is 39.0 Å². The molecule has 0 saturated heterocycles. The molecule has 0 saturated carbocycles. The highest BCUT2D eigenvalue weighted by Gasteiger charge is 2.38. The second kappa shape index (κ2) is 3.80. The number of rotatable bonds is 2. The predicted octanol–water partition coefficient (Wildman–Crippen LogP) is 1.98. The Balaban J connectivity index is 2.62. The summed E-state index contributed by atoms with van der Waals surface area (Å²) in [7, 11) is 0. The number of aromatic nitrogens is 2. The number of alkyl halides is 3. The molecule has 0 bridgehead atoms. The van der Waals surface area contributed by atoms with Crippen molar-refractivity contribution in [3.8, 4) is 0 Å². The molecule has 0 fully saturated rings. The van der Waals surface area contributed by atoms with Gasteiger partial charge in [0.25, 0.3) is 0 Å². The van der Waals surface area contributed by atoms with Gasteiger partial charge >= 0.3 is 12.1 Å². The number of nitrogens with one attached hydrogen (secondary N) is 1. The van der Waals surface area contributed by atoms with E-state index in [9.17, 15) is 13.2 Å². The second-order valence-electron chi connectivity index (χ2n) is 4.10. The van der Waals surface area contributed by atoms with Crippen LogP contribution >= 0.6 is 0 Å². The number of nitrogens with zero attached hydrogens (tertiary/aromatic N) is 2. The van der Waals surface area contributed by atoms with Crippen LogP contribution in [0.3, 0.4) is 0 Å². The summed E-state index contributed by atoms with van der Waals surface area (Å²) in [4.78, 5) is 0. The van der Waals surface area contributed by atoms with E-state index in [-0.39, 0.29) is 18.0 Å². The minimum atomic E-state index is -4.58. The molecule has 1 heterocycles. The molecule has 7 heteroatoms. The summed E-state index contributed by atoms with van der Waals surface area (Å²) in [5.74, 6) is -1.38. The van der Waals surface area contributed by atoms with E-state index in [4.69, 9.17) is 0 Å². The van der Waals surface area contributed by atoms with E-state index in [1.54, 1.807) is 0 Å². The van der Waals surface area contributed by atoms with Crippen molar-refractivity contribution >= 4 is 0 Å². The number of hydrogen-bond donors (Lipinski definition) is 1. The van der Waals surface area contributed by atoms with Gasteiger partial charge in [0.05, 0.1) is 6.54 Å². The molecule has 0 aromatic carbocycles. The zero-order valence-corrected chi connectivity index (χ0v) is 8.64. The summed E-state index contributed by atoms with van der Waals surface area (Å²) < 4.78 is 40.6. The molecular formula is C8H12F3N3O. The predicted molar refractivity (Wildman–Crippen MR) is 45.9 cm³/mol. The Kier molecular flexibility index (Phi) is 3.03. The van der Waals surface area contributed by atoms with Crippen LogP contribution in [0.5, 0.6) is 0 Å². The maximum atomic E-state index is 12.1. The lowest BCUT2D eigenvalue weighted by atomic mass is 10.1. The monoisotopic (exact) mass is 223 g/mol. The zero-order chi connectivity index (χ0) is 11.7. The highest BCUT2D eigenvalue weighted by atomic mass is 19.4. The molecule has 0 aliphatic carbocycles. The molecule has 0 atom stereocenters. The molecule has 0 unspecified atom stereocenters. The van der Waals surface area contributed by atoms with Gasteiger partial charge in [-0.3, -0.25) is 0 Å². The van der Waals surface area contributed by atoms with Crippen LogP contribution in [0, 0.1) is 0 Å². The van der Waals surface area contributed by atoms with E-state index < -0.39 is 12.1 Å². The lowest BCUT2D eigenvalue weighted by Crippen LogP contribution is -2.35. The molecule has 1 aromatic heterocycles. The lowest BCUT2D eigenvalue weighted by Gasteiger charge is -2.18. The van der Waals surface area contributed by atoms with Gasteiger partial charge in [-0.1, -0.05) is 0 Å². The van der Waals surface area contributed by atoms with Crippen LogP contribution in [0.1, 0.15) is 32.6 Å². The van der Waals surface area contributed by atoms with E-state index in [1.165, 1.54) is 0 Å². The highest BCUT2D eigenvalue weighted by Crippen LogP contribution is 2.27. The van der Waals surface area contributed by atoms with Crippen LogP contribution < -0.4 is 5.32 Å². The summed E-state index contributed by atoms with van der Waals surface area (Å²) in [6, 6.07) is 0. The molecular weight excluding hydrogens is 211 g/mol. The molecule has 0 aliphatic heterocycles. The topological polar surface area (TPSA) is 51.0 Å². The SMILES string of the molecule is CC(C)(C)NCc1nnc(C(F)(F)F)o1. The Bertz CT molecular complexity index is 327. The van der Waals surface area contributed by atoms with E-state index in [1.807, 2.05) is 20.8 Å². The summed E-state index contributed by atoms with van der Waals surface area (Å²) >= 11 is 0. The summed E-state index contributed by atoms with van der Waals surface area (Å²) in [5, 5.41) is 9.13. The smallest absolute Gasteiger partial charge is 0.416 e. The fourth-order valence-electron chi connectivity index (χ4n) is 0.780. The normalized spacial score (nSPS) is 13.2. The van der Waals surface area contributed by atoms with E-state index >= 15 is 0 Å². The van der Waals surface area contributed by atoms with Gasteiger partial charge in [-0.15, -0.1) is 10.2 Å². The molecule has 0 radical (unpaired) electrons. The summed E-state index contributed by atoms with van der Waals surface area (Å²) in [6.07, 6.45) is -4.58. The van der Waals surface area contributed by atoms with Gasteiger partial charge in [-0.05, 0) is 20.8 Å². The van der Waals surface area contributed by atoms with Gasteiger partial charge in [-0.2, -0.15) is 13.2 Å². The van der Waals surface area contributed by atoms with Gasteiger partial charge in [0.2, 0.25) is 5.89 Å². The molecule has 1 aromatic rings. The average Bonchev–Trinajstić information content (AvgIpc) is 2.45. The van der Waals surface area contributed by atoms with Gasteiger partial charge in [0.1, 0.15) is 0 Å². The van der Waals surface area contributed by atoms with Crippen molar-refractivity contribution in [2.75, 3.05) is 0 Å². The third kappa shape index (κ3) is 3.86. The molecule has 1 N–H and O–H groups in total. The summed E-state index contributed by atoms with van der Waals surface area (Å²) in [6.45, 7) is 5.77. The second-order valence-corrected chi connectivity index (χ2v) is 4.10. The Labute approximate surface area is 84.9 Å². The van der Waals surface area contributed by atoms with Crippen molar-refractivity contribution in [1.29, 1.82) is 0 Å². The molecule has 86 valence electrons. The average molecular weight is 223 g/mol. The molecule has 4 nitrogen and oxygen atoms in total. The molecule has 0 spiro atoms. The quantitative estimate of drug-likeness (QED) is 0.832. The Morgan fingerprint density at radius 1 is 1.20 bits per heavy atom. The van der Waals surface area contributed by atoms with Gasteiger partial charge in [0, 0.05) is 5.54 Å². The zero-order valence-electron chi connectivity index (χ0n) is 8.64. The van der Waals surface area contributed by atoms with E-state index in [2.05, 4.69) is 19.9 Å². The van der Waals surface area contributed by atoms with Crippen LogP contribution in [-0.2, 0) is 12.7 Å². The Morgan fingerprint density at radius 2 is 1.80 bits per heavy atom. The first kappa shape index (κ1) is 12.0. The third-order valence-electron chi connectivity index (χ3n) is 1.48. The minimum Gasteiger partial charge on any atom is -0.416 e. The third-order valence-corrected chi connectivity index (χ3v) is 1.48. The number of halogens is 3. The fourth-order valence-corrected chi connectivity index (χ4v) is 0.780. The highest BCUT2D eigenvalue weighted by molar-refractivity contribution is 4.87. The lowest BCUT2D eigenvalue weighted by molar-refractivity contribution is -0.157. The molecule has 1 rings (SSSR count). The van der Waals surface area contributed by atoms with Gasteiger partial charge in [0.15, 0.2) is 0 Å². The van der Waals surface area contributed by atoms with E-state index in [0.29, 0.717) is 0 Å². The first-order valence-corrected chi connectivity index (χ1v) is 4.33. The Hall–Kier alpha value is -1.11. The van der Waals surface area contributed by atoms with Crippen LogP contribution in [0.15, 0.2) is 4.42 Å². The minimum absolute atomic E-state index is 0.0720. The van der Waals surface area contributed by atoms with Crippen molar-refractivity contribution in [2.24, 2.45) is 0 Å². The maximum absolute atomic E-state index is 12.1. The van der Waals surface area contributed by atoms with Crippen LogP contribution in [-0.4, -0.2) is 15.7 Å². The largest absolute Gasteiger partial charge is 0.470 e. The van der Waals surface area contributed by atoms with Crippen LogP contribution in [0.25, 0.3) is 0 Å². The van der Waals surface area contributed by atoms with Crippen molar-refractivity contribution in [3.05, 3.63) is 11.8 Å². The molecule has 15 heavy (non-hydrogen) atoms. The number of hydrogen-bond acceptors (Lipinski definition) is 4. The van der Waals surface area contributed by atoms with E-state index in [0.717, 1.165) is 0 Å². The van der Waals surface area contributed by atoms with Gasteiger partial charge < -0.3 is 9.73 Å². The van der Waals surface area contributed by atoms with Crippen molar-refractivity contribution in [3.63, 3.8) is 0 Å². The standard InChI is InChI=1S/C8H12F3N3O/c1-7(2,3)12-4-5-13-14-6(15-5)8(9,10)11/h12H,4H2,1-3H3. The molecule has 0 amide bonds. The first-order chi connectivity index (χ1) is 6.68. The fraction of sp³-hybridized carbons (Fsp3) is 0.750.